The summed E-state index contributed by atoms with van der Waals surface area (Å²) in [5.74, 6) is -1.46. The number of hydrogen-bond acceptors (Lipinski definition) is 4. The number of rotatable bonds is 1. The summed E-state index contributed by atoms with van der Waals surface area (Å²) in [5.41, 5.74) is 7.06. The molecule has 1 heterocycles. The van der Waals surface area contributed by atoms with Crippen LogP contribution in [0.3, 0.4) is 0 Å². The van der Waals surface area contributed by atoms with Crippen LogP contribution in [0.1, 0.15) is 42.1 Å². The normalized spacial score (nSPS) is 22.7. The molecule has 0 radical (unpaired) electrons. The predicted molar refractivity (Wildman–Crippen MR) is 68.3 cm³/mol. The Morgan fingerprint density at radius 1 is 1.19 bits per heavy atom. The van der Waals surface area contributed by atoms with Crippen molar-refractivity contribution in [3.63, 3.8) is 0 Å². The Morgan fingerprint density at radius 3 is 2.67 bits per heavy atom. The van der Waals surface area contributed by atoms with Crippen LogP contribution < -0.4 is 5.73 Å². The number of nitrogens with two attached hydrogens (primary N) is 1. The molecule has 7 heteroatoms. The average Bonchev–Trinajstić information content (AvgIpc) is 2.88. The Bertz CT molecular complexity index is 653. The number of fused-ring (bicyclic) bond motifs is 1. The molecule has 112 valence electrons. The largest absolute Gasteiger partial charge is 0.471 e. The van der Waals surface area contributed by atoms with Gasteiger partial charge in [0.05, 0.1) is 0 Å². The van der Waals surface area contributed by atoms with Crippen molar-refractivity contribution < 1.29 is 17.7 Å². The third kappa shape index (κ3) is 2.42. The van der Waals surface area contributed by atoms with E-state index in [4.69, 9.17) is 5.73 Å². The Hall–Kier alpha value is -1.89. The summed E-state index contributed by atoms with van der Waals surface area (Å²) in [6.07, 6.45) is -1.60. The molecular formula is C14H14F3N3O. The van der Waals surface area contributed by atoms with Crippen LogP contribution in [0.25, 0.3) is 0 Å². The minimum atomic E-state index is -4.66. The molecule has 21 heavy (non-hydrogen) atoms. The van der Waals surface area contributed by atoms with Crippen molar-refractivity contribution in [3.05, 3.63) is 47.1 Å². The molecule has 0 saturated heterocycles. The second kappa shape index (κ2) is 4.84. The van der Waals surface area contributed by atoms with Crippen molar-refractivity contribution in [1.29, 1.82) is 0 Å². The van der Waals surface area contributed by atoms with Gasteiger partial charge in [0, 0.05) is 0 Å². The molecule has 0 aliphatic heterocycles. The van der Waals surface area contributed by atoms with E-state index in [1.807, 2.05) is 24.3 Å². The second-order valence-electron chi connectivity index (χ2n) is 5.26. The van der Waals surface area contributed by atoms with Gasteiger partial charge in [-0.2, -0.15) is 18.2 Å². The van der Waals surface area contributed by atoms with Crippen LogP contribution in [0.15, 0.2) is 28.8 Å². The summed E-state index contributed by atoms with van der Waals surface area (Å²) in [6.45, 7) is 0. The van der Waals surface area contributed by atoms with Gasteiger partial charge in [-0.3, -0.25) is 0 Å². The first-order valence-electron chi connectivity index (χ1n) is 6.70. The number of hydrogen-bond donors (Lipinski definition) is 1. The van der Waals surface area contributed by atoms with E-state index in [9.17, 15) is 13.2 Å². The average molecular weight is 297 g/mol. The number of benzene rings is 1. The lowest BCUT2D eigenvalue weighted by Gasteiger charge is -2.26. The summed E-state index contributed by atoms with van der Waals surface area (Å²) in [5, 5.41) is 3.49. The first kappa shape index (κ1) is 14.1. The van der Waals surface area contributed by atoms with Gasteiger partial charge in [-0.25, -0.2) is 0 Å². The van der Waals surface area contributed by atoms with Crippen LogP contribution in [-0.2, 0) is 18.1 Å². The van der Waals surface area contributed by atoms with E-state index < -0.39 is 17.6 Å². The maximum atomic E-state index is 12.6. The van der Waals surface area contributed by atoms with Gasteiger partial charge in [0.1, 0.15) is 5.54 Å². The quantitative estimate of drug-likeness (QED) is 0.822. The highest BCUT2D eigenvalue weighted by molar-refractivity contribution is 5.39. The number of alkyl halides is 3. The Labute approximate surface area is 119 Å². The summed E-state index contributed by atoms with van der Waals surface area (Å²) in [4.78, 5) is 3.49. The summed E-state index contributed by atoms with van der Waals surface area (Å²) in [7, 11) is 0. The number of aryl methyl sites for hydroxylation is 1. The first-order chi connectivity index (χ1) is 9.91. The second-order valence-corrected chi connectivity index (χ2v) is 5.26. The zero-order valence-electron chi connectivity index (χ0n) is 11.2. The minimum Gasteiger partial charge on any atom is -0.329 e. The van der Waals surface area contributed by atoms with E-state index in [-0.39, 0.29) is 5.82 Å². The predicted octanol–water partition coefficient (Wildman–Crippen LogP) is 3.02. The maximum Gasteiger partial charge on any atom is 0.471 e. The highest BCUT2D eigenvalue weighted by atomic mass is 19.4. The first-order valence-corrected chi connectivity index (χ1v) is 6.70. The summed E-state index contributed by atoms with van der Waals surface area (Å²) < 4.78 is 42.2. The zero-order chi connectivity index (χ0) is 15.1. The van der Waals surface area contributed by atoms with Crippen LogP contribution in [0.2, 0.25) is 0 Å². The molecule has 3 rings (SSSR count). The van der Waals surface area contributed by atoms with Crippen LogP contribution >= 0.6 is 0 Å². The van der Waals surface area contributed by atoms with E-state index in [0.29, 0.717) is 6.42 Å². The summed E-state index contributed by atoms with van der Waals surface area (Å²) in [6, 6.07) is 7.47. The molecule has 0 spiro atoms. The van der Waals surface area contributed by atoms with Gasteiger partial charge in [-0.15, -0.1) is 0 Å². The molecule has 2 aromatic rings. The lowest BCUT2D eigenvalue weighted by atomic mass is 9.85. The molecule has 1 unspecified atom stereocenters. The van der Waals surface area contributed by atoms with E-state index >= 15 is 0 Å². The molecule has 1 aliphatic carbocycles. The van der Waals surface area contributed by atoms with Crippen molar-refractivity contribution in [3.8, 4) is 0 Å². The Morgan fingerprint density at radius 2 is 1.95 bits per heavy atom. The van der Waals surface area contributed by atoms with E-state index in [2.05, 4.69) is 14.7 Å². The molecule has 0 fully saturated rings. The van der Waals surface area contributed by atoms with Crippen molar-refractivity contribution in [2.45, 2.75) is 37.4 Å². The summed E-state index contributed by atoms with van der Waals surface area (Å²) >= 11 is 0. The van der Waals surface area contributed by atoms with E-state index in [1.54, 1.807) is 0 Å². The Balaban J connectivity index is 2.09. The van der Waals surface area contributed by atoms with Crippen LogP contribution in [0.5, 0.6) is 0 Å². The molecule has 1 aromatic carbocycles. The number of nitrogens with zero attached hydrogens (tertiary/aromatic N) is 2. The highest BCUT2D eigenvalue weighted by Gasteiger charge is 2.43. The Kier molecular flexibility index (Phi) is 3.24. The minimum absolute atomic E-state index is 0.107. The monoisotopic (exact) mass is 297 g/mol. The van der Waals surface area contributed by atoms with Crippen molar-refractivity contribution in [2.75, 3.05) is 0 Å². The smallest absolute Gasteiger partial charge is 0.329 e. The van der Waals surface area contributed by atoms with Gasteiger partial charge in [-0.05, 0) is 30.4 Å². The van der Waals surface area contributed by atoms with Crippen LogP contribution in [-0.4, -0.2) is 10.1 Å². The third-order valence-electron chi connectivity index (χ3n) is 3.83. The highest BCUT2D eigenvalue weighted by Crippen LogP contribution is 2.37. The molecule has 1 atom stereocenters. The van der Waals surface area contributed by atoms with Crippen LogP contribution in [0, 0.1) is 0 Å². The molecule has 1 aliphatic rings. The topological polar surface area (TPSA) is 64.9 Å². The van der Waals surface area contributed by atoms with Crippen molar-refractivity contribution in [2.24, 2.45) is 5.73 Å². The van der Waals surface area contributed by atoms with E-state index in [1.165, 1.54) is 0 Å². The fourth-order valence-corrected chi connectivity index (χ4v) is 2.78. The number of halogens is 3. The maximum absolute atomic E-state index is 12.6. The molecule has 2 N–H and O–H groups in total. The van der Waals surface area contributed by atoms with Crippen molar-refractivity contribution >= 4 is 0 Å². The van der Waals surface area contributed by atoms with Gasteiger partial charge in [0.15, 0.2) is 5.82 Å². The molecule has 1 aromatic heterocycles. The van der Waals surface area contributed by atoms with E-state index in [0.717, 1.165) is 30.4 Å². The lowest BCUT2D eigenvalue weighted by molar-refractivity contribution is -0.159. The molecule has 4 nitrogen and oxygen atoms in total. The lowest BCUT2D eigenvalue weighted by Crippen LogP contribution is -2.39. The van der Waals surface area contributed by atoms with Gasteiger partial charge in [-0.1, -0.05) is 35.8 Å². The van der Waals surface area contributed by atoms with Gasteiger partial charge in [0.25, 0.3) is 0 Å². The van der Waals surface area contributed by atoms with Gasteiger partial charge >= 0.3 is 12.1 Å². The van der Waals surface area contributed by atoms with Crippen LogP contribution in [0.4, 0.5) is 13.2 Å². The SMILES string of the molecule is NC1(c2noc(C(F)(F)F)n2)CCCCc2ccccc21. The van der Waals surface area contributed by atoms with Gasteiger partial charge in [0.2, 0.25) is 0 Å². The zero-order valence-corrected chi connectivity index (χ0v) is 11.2. The molecule has 0 amide bonds. The molecule has 0 saturated carbocycles. The fourth-order valence-electron chi connectivity index (χ4n) is 2.78. The molecule has 0 bridgehead atoms. The number of aromatic nitrogens is 2. The standard InChI is InChI=1S/C14H14F3N3O/c15-14(16,17)12-19-11(20-21-12)13(18)8-4-3-6-9-5-1-2-7-10(9)13/h1-2,5,7H,3-4,6,8,18H2. The molecular weight excluding hydrogens is 283 g/mol. The van der Waals surface area contributed by atoms with Gasteiger partial charge < -0.3 is 10.3 Å². The van der Waals surface area contributed by atoms with Crippen molar-refractivity contribution in [1.82, 2.24) is 10.1 Å². The fraction of sp³-hybridized carbons (Fsp3) is 0.429. The third-order valence-corrected chi connectivity index (χ3v) is 3.83.